The summed E-state index contributed by atoms with van der Waals surface area (Å²) in [6.07, 6.45) is 1.14. The standard InChI is InChI=1S/C25H30ClFN4O3S/c1-4-21(32)31-15(2)12-30-25(28)19-11-20(26)22(16-5-7-17(27)8-6-16)24-23(19)29-13-18(14-35-24)34-10-9-33-3/h4-8,11,15,18,29H,1,9-10,12-14H2,2-3H3,(H2,28,30)(H,31,32)/t15-,18?/m1/s1. The first-order valence-corrected chi connectivity index (χ1v) is 12.5. The van der Waals surface area contributed by atoms with Crippen LogP contribution in [0.4, 0.5) is 10.1 Å². The van der Waals surface area contributed by atoms with Crippen molar-refractivity contribution in [3.05, 3.63) is 59.4 Å². The number of nitrogens with zero attached hydrogens (tertiary/aromatic N) is 1. The van der Waals surface area contributed by atoms with E-state index in [0.717, 1.165) is 21.7 Å². The minimum atomic E-state index is -0.320. The summed E-state index contributed by atoms with van der Waals surface area (Å²) in [4.78, 5) is 16.9. The summed E-state index contributed by atoms with van der Waals surface area (Å²) in [7, 11) is 1.63. The quantitative estimate of drug-likeness (QED) is 0.189. The molecule has 35 heavy (non-hydrogen) atoms. The summed E-state index contributed by atoms with van der Waals surface area (Å²) in [5, 5.41) is 6.71. The van der Waals surface area contributed by atoms with Gasteiger partial charge in [0, 0.05) is 41.5 Å². The first-order chi connectivity index (χ1) is 16.8. The summed E-state index contributed by atoms with van der Waals surface area (Å²) in [5.74, 6) is 0.378. The molecule has 0 aromatic heterocycles. The number of aliphatic imine (C=N–C) groups is 1. The third kappa shape index (κ3) is 7.20. The predicted octanol–water partition coefficient (Wildman–Crippen LogP) is 4.09. The van der Waals surface area contributed by atoms with Crippen molar-refractivity contribution in [1.82, 2.24) is 5.32 Å². The number of rotatable bonds is 10. The van der Waals surface area contributed by atoms with Crippen LogP contribution in [0.15, 0.2) is 52.9 Å². The van der Waals surface area contributed by atoms with Crippen molar-refractivity contribution in [3.63, 3.8) is 0 Å². The number of ether oxygens (including phenoxy) is 2. The molecule has 2 aromatic carbocycles. The minimum Gasteiger partial charge on any atom is -0.383 e. The van der Waals surface area contributed by atoms with Gasteiger partial charge in [-0.25, -0.2) is 4.39 Å². The van der Waals surface area contributed by atoms with Crippen molar-refractivity contribution in [2.24, 2.45) is 10.7 Å². The maximum Gasteiger partial charge on any atom is 0.243 e. The van der Waals surface area contributed by atoms with Crippen LogP contribution in [0, 0.1) is 5.82 Å². The Balaban J connectivity index is 1.98. The molecule has 0 saturated heterocycles. The van der Waals surface area contributed by atoms with E-state index >= 15 is 0 Å². The fraction of sp³-hybridized carbons (Fsp3) is 0.360. The molecule has 2 aromatic rings. The van der Waals surface area contributed by atoms with Crippen molar-refractivity contribution in [3.8, 4) is 11.1 Å². The molecule has 7 nitrogen and oxygen atoms in total. The molecule has 10 heteroatoms. The van der Waals surface area contributed by atoms with Gasteiger partial charge in [0.2, 0.25) is 5.91 Å². The number of nitrogens with two attached hydrogens (primary N) is 1. The van der Waals surface area contributed by atoms with Crippen LogP contribution in [0.1, 0.15) is 12.5 Å². The molecule has 4 N–H and O–H groups in total. The van der Waals surface area contributed by atoms with E-state index in [4.69, 9.17) is 26.8 Å². The molecule has 0 fully saturated rings. The largest absolute Gasteiger partial charge is 0.383 e. The van der Waals surface area contributed by atoms with Gasteiger partial charge in [-0.3, -0.25) is 9.79 Å². The maximum atomic E-state index is 13.6. The molecule has 0 aliphatic carbocycles. The molecule has 0 radical (unpaired) electrons. The highest BCUT2D eigenvalue weighted by Gasteiger charge is 2.26. The number of methoxy groups -OCH3 is 1. The molecular weight excluding hydrogens is 491 g/mol. The monoisotopic (exact) mass is 520 g/mol. The molecule has 1 amide bonds. The number of thioether (sulfide) groups is 1. The van der Waals surface area contributed by atoms with Gasteiger partial charge in [-0.15, -0.1) is 11.8 Å². The van der Waals surface area contributed by atoms with Crippen molar-refractivity contribution >= 4 is 40.8 Å². The molecule has 1 aliphatic rings. The van der Waals surface area contributed by atoms with Crippen LogP contribution in [0.25, 0.3) is 11.1 Å². The number of amides is 1. The predicted molar refractivity (Wildman–Crippen MR) is 141 cm³/mol. The van der Waals surface area contributed by atoms with Crippen LogP contribution in [-0.2, 0) is 14.3 Å². The summed E-state index contributed by atoms with van der Waals surface area (Å²) < 4.78 is 24.6. The zero-order valence-electron chi connectivity index (χ0n) is 19.8. The first kappa shape index (κ1) is 27.0. The smallest absolute Gasteiger partial charge is 0.243 e. The number of hydrogen-bond donors (Lipinski definition) is 3. The zero-order chi connectivity index (χ0) is 25.4. The van der Waals surface area contributed by atoms with E-state index in [1.165, 1.54) is 18.2 Å². The average molecular weight is 521 g/mol. The van der Waals surface area contributed by atoms with Crippen molar-refractivity contribution in [1.29, 1.82) is 0 Å². The van der Waals surface area contributed by atoms with Gasteiger partial charge in [-0.1, -0.05) is 30.3 Å². The fourth-order valence-corrected chi connectivity index (χ4v) is 5.19. The van der Waals surface area contributed by atoms with Gasteiger partial charge in [0.1, 0.15) is 11.7 Å². The summed E-state index contributed by atoms with van der Waals surface area (Å²) >= 11 is 8.36. The number of nitrogens with one attached hydrogen (secondary N) is 2. The van der Waals surface area contributed by atoms with Crippen LogP contribution >= 0.6 is 23.4 Å². The van der Waals surface area contributed by atoms with Crippen LogP contribution in [0.5, 0.6) is 0 Å². The van der Waals surface area contributed by atoms with Crippen molar-refractivity contribution in [2.75, 3.05) is 44.5 Å². The van der Waals surface area contributed by atoms with Gasteiger partial charge >= 0.3 is 0 Å². The lowest BCUT2D eigenvalue weighted by Crippen LogP contribution is -2.34. The number of hydrogen-bond acceptors (Lipinski definition) is 6. The first-order valence-electron chi connectivity index (χ1n) is 11.2. The normalized spacial score (nSPS) is 16.6. The van der Waals surface area contributed by atoms with Gasteiger partial charge in [0.25, 0.3) is 0 Å². The van der Waals surface area contributed by atoms with Crippen LogP contribution in [-0.4, -0.2) is 63.1 Å². The van der Waals surface area contributed by atoms with E-state index in [-0.39, 0.29) is 30.4 Å². The molecule has 2 atom stereocenters. The second kappa shape index (κ2) is 12.9. The summed E-state index contributed by atoms with van der Waals surface area (Å²) in [6.45, 7) is 7.12. The lowest BCUT2D eigenvalue weighted by atomic mass is 10.0. The van der Waals surface area contributed by atoms with E-state index in [2.05, 4.69) is 22.2 Å². The van der Waals surface area contributed by atoms with E-state index in [9.17, 15) is 9.18 Å². The Morgan fingerprint density at radius 2 is 2.17 bits per heavy atom. The van der Waals surface area contributed by atoms with Crippen LogP contribution in [0.3, 0.4) is 0 Å². The maximum absolute atomic E-state index is 13.6. The number of carbonyl (C=O) groups excluding carboxylic acids is 1. The minimum absolute atomic E-state index is 0.0671. The van der Waals surface area contributed by atoms with Crippen LogP contribution in [0.2, 0.25) is 5.02 Å². The molecular formula is C25H30ClFN4O3S. The Morgan fingerprint density at radius 3 is 2.86 bits per heavy atom. The highest BCUT2D eigenvalue weighted by atomic mass is 35.5. The Bertz CT molecular complexity index is 1080. The number of benzene rings is 2. The number of anilines is 1. The van der Waals surface area contributed by atoms with E-state index in [1.54, 1.807) is 37.1 Å². The Labute approximate surface area is 214 Å². The molecule has 1 unspecified atom stereocenters. The molecule has 3 rings (SSSR count). The second-order valence-corrected chi connectivity index (χ2v) is 9.45. The fourth-order valence-electron chi connectivity index (χ4n) is 3.56. The number of fused-ring (bicyclic) bond motifs is 1. The average Bonchev–Trinajstić information content (AvgIpc) is 3.05. The number of carbonyl (C=O) groups is 1. The third-order valence-corrected chi connectivity index (χ3v) is 6.85. The molecule has 0 spiro atoms. The van der Waals surface area contributed by atoms with E-state index in [0.29, 0.717) is 41.9 Å². The number of amidine groups is 1. The highest BCUT2D eigenvalue weighted by Crippen LogP contribution is 2.45. The molecule has 188 valence electrons. The topological polar surface area (TPSA) is 98.0 Å². The second-order valence-electron chi connectivity index (χ2n) is 8.01. The SMILES string of the molecule is C=CC(=O)N[C@H](C)CN=C(N)c1cc(Cl)c(-c2ccc(F)cc2)c2c1NCC(OCCOC)CS2. The lowest BCUT2D eigenvalue weighted by molar-refractivity contribution is -0.117. The number of halogens is 2. The van der Waals surface area contributed by atoms with Gasteiger partial charge in [-0.2, -0.15) is 0 Å². The Kier molecular flexibility index (Phi) is 9.97. The molecule has 0 bridgehead atoms. The van der Waals surface area contributed by atoms with E-state index in [1.807, 2.05) is 6.92 Å². The van der Waals surface area contributed by atoms with Gasteiger partial charge in [0.15, 0.2) is 0 Å². The zero-order valence-corrected chi connectivity index (χ0v) is 21.3. The van der Waals surface area contributed by atoms with Gasteiger partial charge in [0.05, 0.1) is 36.6 Å². The van der Waals surface area contributed by atoms with E-state index < -0.39 is 0 Å². The summed E-state index contributed by atoms with van der Waals surface area (Å²) in [6, 6.07) is 7.77. The molecule has 1 heterocycles. The molecule has 0 saturated carbocycles. The van der Waals surface area contributed by atoms with Gasteiger partial charge in [-0.05, 0) is 36.8 Å². The highest BCUT2D eigenvalue weighted by molar-refractivity contribution is 7.99. The summed E-state index contributed by atoms with van der Waals surface area (Å²) in [5.41, 5.74) is 9.44. The van der Waals surface area contributed by atoms with Gasteiger partial charge < -0.3 is 25.8 Å². The lowest BCUT2D eigenvalue weighted by Gasteiger charge is -2.19. The molecule has 1 aliphatic heterocycles. The van der Waals surface area contributed by atoms with Crippen molar-refractivity contribution in [2.45, 2.75) is 24.0 Å². The van der Waals surface area contributed by atoms with Crippen molar-refractivity contribution < 1.29 is 18.7 Å². The third-order valence-electron chi connectivity index (χ3n) is 5.31. The Morgan fingerprint density at radius 1 is 1.43 bits per heavy atom. The Hall–Kier alpha value is -2.59. The van der Waals surface area contributed by atoms with Crippen LogP contribution < -0.4 is 16.4 Å².